The molecule has 0 saturated carbocycles. The first-order chi connectivity index (χ1) is 9.56. The maximum Gasteiger partial charge on any atom is 0.189 e. The van der Waals surface area contributed by atoms with Gasteiger partial charge in [0.05, 0.1) is 0 Å². The van der Waals surface area contributed by atoms with Crippen molar-refractivity contribution in [2.75, 3.05) is 0 Å². The molecule has 2 aromatic rings. The summed E-state index contributed by atoms with van der Waals surface area (Å²) >= 11 is 3.28. The predicted octanol–water partition coefficient (Wildman–Crippen LogP) is 4.12. The number of ketones is 1. The smallest absolute Gasteiger partial charge is 0.189 e. The van der Waals surface area contributed by atoms with Crippen molar-refractivity contribution < 1.29 is 14.3 Å². The van der Waals surface area contributed by atoms with Gasteiger partial charge in [0, 0.05) is 33.2 Å². The maximum absolute atomic E-state index is 13.7. The number of allylic oxidation sites excluding steroid dienone is 1. The fourth-order valence-corrected chi connectivity index (χ4v) is 2.73. The fraction of sp³-hybridized carbons (Fsp3) is 0.0625. The highest BCUT2D eigenvalue weighted by Gasteiger charge is 2.27. The van der Waals surface area contributed by atoms with Crippen molar-refractivity contribution in [2.24, 2.45) is 0 Å². The zero-order chi connectivity index (χ0) is 14.3. The highest BCUT2D eigenvalue weighted by Crippen LogP contribution is 2.34. The molecule has 0 saturated heterocycles. The molecule has 0 aliphatic heterocycles. The summed E-state index contributed by atoms with van der Waals surface area (Å²) in [7, 11) is 0. The largest absolute Gasteiger partial charge is 0.508 e. The molecule has 1 N–H and O–H groups in total. The molecule has 0 spiro atoms. The Bertz CT molecular complexity index is 750. The normalized spacial score (nSPS) is 15.7. The molecule has 2 aromatic carbocycles. The summed E-state index contributed by atoms with van der Waals surface area (Å²) in [4.78, 5) is 12.2. The van der Waals surface area contributed by atoms with Crippen LogP contribution in [0.4, 0.5) is 4.39 Å². The number of fused-ring (bicyclic) bond motifs is 1. The summed E-state index contributed by atoms with van der Waals surface area (Å²) in [5.41, 5.74) is 1.94. The van der Waals surface area contributed by atoms with E-state index in [2.05, 4.69) is 15.9 Å². The molecule has 0 heterocycles. The van der Waals surface area contributed by atoms with Gasteiger partial charge in [-0.15, -0.1) is 0 Å². The third-order valence-electron chi connectivity index (χ3n) is 3.34. The van der Waals surface area contributed by atoms with Gasteiger partial charge in [-0.3, -0.25) is 4.79 Å². The molecule has 0 aromatic heterocycles. The van der Waals surface area contributed by atoms with Crippen molar-refractivity contribution in [3.63, 3.8) is 0 Å². The lowest BCUT2D eigenvalue weighted by Crippen LogP contribution is -1.95. The summed E-state index contributed by atoms with van der Waals surface area (Å²) in [6.45, 7) is 0. The number of phenols is 1. The summed E-state index contributed by atoms with van der Waals surface area (Å²) in [5.74, 6) is -0.432. The highest BCUT2D eigenvalue weighted by atomic mass is 79.9. The lowest BCUT2D eigenvalue weighted by atomic mass is 10.1. The zero-order valence-corrected chi connectivity index (χ0v) is 11.9. The van der Waals surface area contributed by atoms with Crippen LogP contribution in [-0.4, -0.2) is 10.9 Å². The first-order valence-corrected chi connectivity index (χ1v) is 6.87. The monoisotopic (exact) mass is 332 g/mol. The van der Waals surface area contributed by atoms with Crippen molar-refractivity contribution in [1.29, 1.82) is 0 Å². The molecule has 1 aliphatic rings. The third kappa shape index (κ3) is 2.16. The van der Waals surface area contributed by atoms with Crippen molar-refractivity contribution in [3.8, 4) is 5.75 Å². The van der Waals surface area contributed by atoms with Gasteiger partial charge in [0.1, 0.15) is 11.6 Å². The van der Waals surface area contributed by atoms with Gasteiger partial charge in [-0.2, -0.15) is 0 Å². The van der Waals surface area contributed by atoms with Crippen molar-refractivity contribution in [3.05, 3.63) is 69.0 Å². The van der Waals surface area contributed by atoms with E-state index in [1.165, 1.54) is 6.07 Å². The number of rotatable bonds is 1. The Morgan fingerprint density at radius 3 is 2.80 bits per heavy atom. The molecular formula is C16H10BrFO2. The number of halogens is 2. The lowest BCUT2D eigenvalue weighted by Gasteiger charge is -2.00. The standard InChI is InChI=1S/C16H10BrFO2/c17-11-4-5-14(18)9(7-11)6-10-8-13-12(16(10)20)2-1-3-15(13)19/h1-7,19H,8H2/b10-6-. The van der Waals surface area contributed by atoms with E-state index in [0.717, 1.165) is 4.47 Å². The molecule has 0 bridgehead atoms. The minimum Gasteiger partial charge on any atom is -0.508 e. The quantitative estimate of drug-likeness (QED) is 0.797. The molecule has 0 unspecified atom stereocenters. The van der Waals surface area contributed by atoms with Crippen LogP contribution in [0.2, 0.25) is 0 Å². The molecule has 2 nitrogen and oxygen atoms in total. The number of hydrogen-bond acceptors (Lipinski definition) is 2. The minimum absolute atomic E-state index is 0.106. The van der Waals surface area contributed by atoms with E-state index in [0.29, 0.717) is 28.7 Å². The average Bonchev–Trinajstić information content (AvgIpc) is 2.73. The molecule has 4 heteroatoms. The molecule has 0 atom stereocenters. The molecule has 1 aliphatic carbocycles. The molecule has 20 heavy (non-hydrogen) atoms. The van der Waals surface area contributed by atoms with Crippen LogP contribution in [0.3, 0.4) is 0 Å². The Morgan fingerprint density at radius 2 is 2.05 bits per heavy atom. The van der Waals surface area contributed by atoms with Gasteiger partial charge in [0.2, 0.25) is 0 Å². The molecule has 100 valence electrons. The molecule has 0 amide bonds. The van der Waals surface area contributed by atoms with Crippen molar-refractivity contribution >= 4 is 27.8 Å². The maximum atomic E-state index is 13.7. The van der Waals surface area contributed by atoms with Gasteiger partial charge in [-0.1, -0.05) is 28.1 Å². The van der Waals surface area contributed by atoms with Crippen LogP contribution in [0.1, 0.15) is 21.5 Å². The van der Waals surface area contributed by atoms with Gasteiger partial charge in [-0.05, 0) is 30.3 Å². The molecule has 0 radical (unpaired) electrons. The topological polar surface area (TPSA) is 37.3 Å². The molecular weight excluding hydrogens is 323 g/mol. The summed E-state index contributed by atoms with van der Waals surface area (Å²) in [6, 6.07) is 9.44. The Morgan fingerprint density at radius 1 is 1.25 bits per heavy atom. The summed E-state index contributed by atoms with van der Waals surface area (Å²) in [5, 5.41) is 9.77. The summed E-state index contributed by atoms with van der Waals surface area (Å²) in [6.07, 6.45) is 1.87. The summed E-state index contributed by atoms with van der Waals surface area (Å²) < 4.78 is 14.5. The van der Waals surface area contributed by atoms with E-state index >= 15 is 0 Å². The van der Waals surface area contributed by atoms with Crippen LogP contribution >= 0.6 is 15.9 Å². The Kier molecular flexibility index (Phi) is 3.18. The van der Waals surface area contributed by atoms with Gasteiger partial charge in [0.25, 0.3) is 0 Å². The molecule has 0 fully saturated rings. The van der Waals surface area contributed by atoms with Crippen LogP contribution in [0.15, 0.2) is 46.4 Å². The zero-order valence-electron chi connectivity index (χ0n) is 10.4. The van der Waals surface area contributed by atoms with Gasteiger partial charge >= 0.3 is 0 Å². The highest BCUT2D eigenvalue weighted by molar-refractivity contribution is 9.10. The van der Waals surface area contributed by atoms with Crippen LogP contribution in [0.5, 0.6) is 5.75 Å². The number of hydrogen-bond donors (Lipinski definition) is 1. The predicted molar refractivity (Wildman–Crippen MR) is 78.2 cm³/mol. The van der Waals surface area contributed by atoms with E-state index in [-0.39, 0.29) is 17.3 Å². The SMILES string of the molecule is O=C1/C(=C\c2cc(Br)ccc2F)Cc2c(O)cccc21. The average molecular weight is 333 g/mol. The Labute approximate surface area is 123 Å². The minimum atomic E-state index is -0.381. The van der Waals surface area contributed by atoms with Crippen LogP contribution in [0.25, 0.3) is 6.08 Å². The van der Waals surface area contributed by atoms with E-state index in [9.17, 15) is 14.3 Å². The van der Waals surface area contributed by atoms with Crippen LogP contribution in [-0.2, 0) is 6.42 Å². The number of phenolic OH excluding ortho intramolecular Hbond substituents is 1. The molecule has 3 rings (SSSR count). The number of Topliss-reactive ketones (excluding diaryl/α,β-unsaturated/α-hetero) is 1. The number of carbonyl (C=O) groups is 1. The second-order valence-electron chi connectivity index (χ2n) is 4.64. The fourth-order valence-electron chi connectivity index (χ4n) is 2.35. The number of benzene rings is 2. The number of carbonyl (C=O) groups excluding carboxylic acids is 1. The van der Waals surface area contributed by atoms with Crippen molar-refractivity contribution in [2.45, 2.75) is 6.42 Å². The third-order valence-corrected chi connectivity index (χ3v) is 3.84. The second-order valence-corrected chi connectivity index (χ2v) is 5.56. The Hall–Kier alpha value is -1.94. The second kappa shape index (κ2) is 4.87. The van der Waals surface area contributed by atoms with Crippen LogP contribution in [0, 0.1) is 5.82 Å². The van der Waals surface area contributed by atoms with Crippen molar-refractivity contribution in [1.82, 2.24) is 0 Å². The van der Waals surface area contributed by atoms with E-state index < -0.39 is 0 Å². The van der Waals surface area contributed by atoms with Crippen LogP contribution < -0.4 is 0 Å². The van der Waals surface area contributed by atoms with Gasteiger partial charge < -0.3 is 5.11 Å². The first kappa shape index (κ1) is 13.1. The lowest BCUT2D eigenvalue weighted by molar-refractivity contribution is 0.104. The van der Waals surface area contributed by atoms with Gasteiger partial charge in [0.15, 0.2) is 5.78 Å². The first-order valence-electron chi connectivity index (χ1n) is 6.07. The number of aromatic hydroxyl groups is 1. The van der Waals surface area contributed by atoms with E-state index in [4.69, 9.17) is 0 Å². The van der Waals surface area contributed by atoms with E-state index in [1.54, 1.807) is 36.4 Å². The van der Waals surface area contributed by atoms with E-state index in [1.807, 2.05) is 0 Å². The van der Waals surface area contributed by atoms with Gasteiger partial charge in [-0.25, -0.2) is 4.39 Å². The Balaban J connectivity index is 2.06.